The zero-order chi connectivity index (χ0) is 52.6. The molecule has 0 aliphatic heterocycles. The second-order valence-electron chi connectivity index (χ2n) is 21.9. The molecule has 9 rings (SSSR count). The number of aromatic hydroxyl groups is 1. The Hall–Kier alpha value is -6.35. The molecule has 0 fully saturated rings. The van der Waals surface area contributed by atoms with Gasteiger partial charge in [-0.05, 0) is 127 Å². The maximum atomic E-state index is 12.1. The standard InChI is InChI=1S/C65H66N3O.Pt/c1-40(2)43-25-27-44(28-26-43)46-31-32-66-56(38-46)49-35-48(36-51(37-49)64(8,9)10)53-22-18-24-58-60(53)67-62(54-39-50(63(5,6)7)34-42(4)61(54)69)68(58)57-30-29-47(33-41(57)3)59-52(45-19-15-14-16-20-45)21-17-23-55(59)65(11,12)13;/h14-34,36-40,69H,1-13H3;/q-1;/i3D3,40D;. The molecular weight excluding hydrogens is 1030 g/mol. The third-order valence-electron chi connectivity index (χ3n) is 13.4. The van der Waals surface area contributed by atoms with Gasteiger partial charge in [-0.2, -0.15) is 0 Å². The molecule has 0 amide bonds. The third kappa shape index (κ3) is 9.73. The van der Waals surface area contributed by atoms with E-state index in [1.54, 1.807) is 0 Å². The van der Waals surface area contributed by atoms with Gasteiger partial charge in [-0.25, -0.2) is 4.98 Å². The Labute approximate surface area is 436 Å². The molecule has 0 atom stereocenters. The van der Waals surface area contributed by atoms with Crippen molar-refractivity contribution in [2.45, 2.75) is 112 Å². The summed E-state index contributed by atoms with van der Waals surface area (Å²) in [7, 11) is 0. The summed E-state index contributed by atoms with van der Waals surface area (Å²) in [6, 6.07) is 52.8. The number of phenols is 1. The van der Waals surface area contributed by atoms with E-state index in [9.17, 15) is 9.22 Å². The van der Waals surface area contributed by atoms with Crippen molar-refractivity contribution < 1.29 is 31.7 Å². The smallest absolute Gasteiger partial charge is 0.148 e. The van der Waals surface area contributed by atoms with Crippen LogP contribution < -0.4 is 0 Å². The number of rotatable bonds is 8. The van der Waals surface area contributed by atoms with Gasteiger partial charge >= 0.3 is 0 Å². The van der Waals surface area contributed by atoms with Crippen molar-refractivity contribution in [2.75, 3.05) is 0 Å². The Morgan fingerprint density at radius 2 is 1.26 bits per heavy atom. The van der Waals surface area contributed by atoms with E-state index in [0.717, 1.165) is 78.0 Å². The third-order valence-corrected chi connectivity index (χ3v) is 13.4. The van der Waals surface area contributed by atoms with E-state index in [0.29, 0.717) is 33.7 Å². The number of hydrogen-bond donors (Lipinski definition) is 1. The van der Waals surface area contributed by atoms with E-state index in [1.165, 1.54) is 0 Å². The summed E-state index contributed by atoms with van der Waals surface area (Å²) in [6.45, 7) is 22.7. The van der Waals surface area contributed by atoms with Gasteiger partial charge in [0, 0.05) is 38.4 Å². The molecule has 0 saturated carbocycles. The largest absolute Gasteiger partial charge is 0.507 e. The average Bonchev–Trinajstić information content (AvgIpc) is 3.72. The molecule has 0 aliphatic rings. The van der Waals surface area contributed by atoms with E-state index < -0.39 is 12.7 Å². The topological polar surface area (TPSA) is 50.9 Å². The van der Waals surface area contributed by atoms with Gasteiger partial charge in [0.2, 0.25) is 0 Å². The average molecular weight is 1100 g/mol. The molecule has 7 aromatic carbocycles. The SMILES string of the molecule is [2H]C([2H])([2H])c1cc(-c2c(-c3ccccc3)cccc2C(C)(C)C)ccc1-n1c(-c2cc(C(C)(C)C)cc(C)c2O)nc2c(-c3[c-]c(-c4cc(-c5ccc(C([2H])(C)C)cc5)ccn4)cc(C(C)(C)C)c3)cccc21.[Pt]. The van der Waals surface area contributed by atoms with Crippen LogP contribution >= 0.6 is 0 Å². The molecule has 9 aromatic rings. The van der Waals surface area contributed by atoms with Gasteiger partial charge in [0.1, 0.15) is 11.6 Å². The second-order valence-corrected chi connectivity index (χ2v) is 21.9. The van der Waals surface area contributed by atoms with Crippen LogP contribution in [0.5, 0.6) is 5.75 Å². The number of hydrogen-bond acceptors (Lipinski definition) is 3. The van der Waals surface area contributed by atoms with Gasteiger partial charge in [0.25, 0.3) is 0 Å². The van der Waals surface area contributed by atoms with Crippen LogP contribution in [0.25, 0.3) is 83.9 Å². The minimum Gasteiger partial charge on any atom is -0.507 e. The van der Waals surface area contributed by atoms with E-state index >= 15 is 0 Å². The molecule has 70 heavy (non-hydrogen) atoms. The Balaban J connectivity index is 0.00000729. The van der Waals surface area contributed by atoms with Gasteiger partial charge < -0.3 is 5.11 Å². The van der Waals surface area contributed by atoms with Crippen molar-refractivity contribution in [1.29, 1.82) is 0 Å². The van der Waals surface area contributed by atoms with Gasteiger partial charge in [0.05, 0.1) is 22.3 Å². The van der Waals surface area contributed by atoms with E-state index in [-0.39, 0.29) is 48.6 Å². The Morgan fingerprint density at radius 1 is 0.600 bits per heavy atom. The van der Waals surface area contributed by atoms with Crippen molar-refractivity contribution >= 4 is 11.0 Å². The maximum absolute atomic E-state index is 12.1. The molecule has 4 nitrogen and oxygen atoms in total. The van der Waals surface area contributed by atoms with E-state index in [1.807, 2.05) is 116 Å². The number of para-hydroxylation sites is 1. The minimum atomic E-state index is -2.56. The number of nitrogens with zero attached hydrogens (tertiary/aromatic N) is 3. The van der Waals surface area contributed by atoms with Crippen LogP contribution in [0.2, 0.25) is 0 Å². The molecule has 0 spiro atoms. The number of fused-ring (bicyclic) bond motifs is 1. The molecule has 1 N–H and O–H groups in total. The monoisotopic (exact) mass is 1100 g/mol. The number of benzene rings is 7. The molecule has 0 bridgehead atoms. The van der Waals surface area contributed by atoms with Gasteiger partial charge in [-0.15, -0.1) is 29.3 Å². The van der Waals surface area contributed by atoms with Crippen molar-refractivity contribution in [2.24, 2.45) is 0 Å². The van der Waals surface area contributed by atoms with Crippen molar-refractivity contribution in [1.82, 2.24) is 14.5 Å². The quantitative estimate of drug-likeness (QED) is 0.154. The number of pyridine rings is 1. The predicted octanol–water partition coefficient (Wildman–Crippen LogP) is 17.6. The van der Waals surface area contributed by atoms with Crippen LogP contribution in [-0.2, 0) is 37.3 Å². The summed E-state index contributed by atoms with van der Waals surface area (Å²) in [4.78, 5) is 10.4. The zero-order valence-electron chi connectivity index (χ0n) is 46.5. The Morgan fingerprint density at radius 3 is 1.93 bits per heavy atom. The first-order chi connectivity index (χ1) is 34.2. The van der Waals surface area contributed by atoms with Crippen LogP contribution in [0.15, 0.2) is 152 Å². The van der Waals surface area contributed by atoms with Crippen molar-refractivity contribution in [3.8, 4) is 78.6 Å². The van der Waals surface area contributed by atoms with Crippen LogP contribution in [0.3, 0.4) is 0 Å². The number of aromatic nitrogens is 3. The number of phenolic OH excluding ortho intramolecular Hbond substituents is 1. The fourth-order valence-electron chi connectivity index (χ4n) is 9.40. The molecule has 0 aliphatic carbocycles. The van der Waals surface area contributed by atoms with Gasteiger partial charge in [0.15, 0.2) is 0 Å². The normalized spacial score (nSPS) is 13.3. The fraction of sp³-hybridized carbons (Fsp3) is 0.262. The first kappa shape index (κ1) is 44.8. The molecule has 2 heterocycles. The van der Waals surface area contributed by atoms with Crippen molar-refractivity contribution in [3.05, 3.63) is 191 Å². The molecular formula is C65H66N3OPt-. The predicted molar refractivity (Wildman–Crippen MR) is 292 cm³/mol. The number of aryl methyl sites for hydroxylation is 2. The van der Waals surface area contributed by atoms with E-state index in [2.05, 4.69) is 129 Å². The van der Waals surface area contributed by atoms with Crippen LogP contribution in [-0.4, -0.2) is 19.6 Å². The molecule has 0 unspecified atom stereocenters. The number of imidazole rings is 1. The molecule has 2 aromatic heterocycles. The summed E-state index contributed by atoms with van der Waals surface area (Å²) in [5.41, 5.74) is 15.5. The maximum Gasteiger partial charge on any atom is 0.148 e. The Kier molecular flexibility index (Phi) is 12.2. The first-order valence-corrected chi connectivity index (χ1v) is 24.0. The zero-order valence-corrected chi connectivity index (χ0v) is 44.8. The molecule has 5 heteroatoms. The molecule has 358 valence electrons. The summed E-state index contributed by atoms with van der Waals surface area (Å²) >= 11 is 0. The van der Waals surface area contributed by atoms with Crippen molar-refractivity contribution in [3.63, 3.8) is 0 Å². The first-order valence-electron chi connectivity index (χ1n) is 26.0. The van der Waals surface area contributed by atoms with Crippen LogP contribution in [0.4, 0.5) is 0 Å². The van der Waals surface area contributed by atoms with Gasteiger partial charge in [-0.1, -0.05) is 190 Å². The summed E-state index contributed by atoms with van der Waals surface area (Å²) in [6.07, 6.45) is 1.83. The van der Waals surface area contributed by atoms with Crippen LogP contribution in [0.1, 0.15) is 121 Å². The summed E-state index contributed by atoms with van der Waals surface area (Å²) in [5, 5.41) is 12.1. The molecule has 0 saturated heterocycles. The molecule has 0 radical (unpaired) electrons. The fourth-order valence-corrected chi connectivity index (χ4v) is 9.40. The van der Waals surface area contributed by atoms with Gasteiger partial charge in [-0.3, -0.25) is 9.55 Å². The summed E-state index contributed by atoms with van der Waals surface area (Å²) in [5.74, 6) is -0.198. The van der Waals surface area contributed by atoms with Crippen LogP contribution in [0, 0.1) is 19.8 Å². The minimum absolute atomic E-state index is 0. The Bertz CT molecular complexity index is 3550. The van der Waals surface area contributed by atoms with E-state index in [4.69, 9.17) is 11.3 Å². The summed E-state index contributed by atoms with van der Waals surface area (Å²) < 4.78 is 38.2. The second kappa shape index (κ2) is 19.1.